The third kappa shape index (κ3) is 10.5. The summed E-state index contributed by atoms with van der Waals surface area (Å²) in [7, 11) is -3.93. The standard InChI is InChI=1S/C20H18FNO3S.2CH3NOS.CH4.H2O/c1-3-13(2)20-19(14-8-10-15(21)11-9-14)17(12-25-20)16-6-4-5-7-18(16)26(22,23)24;2*2-1(3)4;;/h3-13H,1H2,2H3,(H2,22,23,24);2*(H3,2,3,4);1H4;1H2. The Balaban J connectivity index is 0. The van der Waals surface area contributed by atoms with E-state index in [4.69, 9.17) is 19.8 Å². The van der Waals surface area contributed by atoms with Crippen LogP contribution in [0.2, 0.25) is 0 Å². The van der Waals surface area contributed by atoms with E-state index in [2.05, 4.69) is 42.5 Å². The molecule has 0 aliphatic heterocycles. The second-order valence-electron chi connectivity index (χ2n) is 6.64. The third-order valence-corrected chi connectivity index (χ3v) is 5.17. The van der Waals surface area contributed by atoms with Gasteiger partial charge in [-0.05, 0) is 48.2 Å². The van der Waals surface area contributed by atoms with E-state index in [0.717, 1.165) is 0 Å². The van der Waals surface area contributed by atoms with Crippen LogP contribution in [0.1, 0.15) is 26.0 Å². The molecule has 0 aliphatic rings. The minimum atomic E-state index is -3.93. The molecule has 2 aromatic carbocycles. The molecule has 0 amide bonds. The fourth-order valence-electron chi connectivity index (χ4n) is 2.86. The van der Waals surface area contributed by atoms with Gasteiger partial charge in [-0.1, -0.05) is 50.8 Å². The second-order valence-corrected chi connectivity index (χ2v) is 9.00. The summed E-state index contributed by atoms with van der Waals surface area (Å²) in [6, 6.07) is 12.4. The molecule has 1 aromatic heterocycles. The Morgan fingerprint density at radius 1 is 1.06 bits per heavy atom. The van der Waals surface area contributed by atoms with Crippen LogP contribution in [-0.2, 0) is 10.0 Å². The van der Waals surface area contributed by atoms with Crippen molar-refractivity contribution in [1.29, 1.82) is 0 Å². The van der Waals surface area contributed by atoms with Crippen molar-refractivity contribution in [2.75, 3.05) is 0 Å². The van der Waals surface area contributed by atoms with Gasteiger partial charge in [0.25, 0.3) is 10.3 Å². The second kappa shape index (κ2) is 15.6. The topological polar surface area (TPSA) is 197 Å². The van der Waals surface area contributed by atoms with Crippen molar-refractivity contribution >= 4 is 44.8 Å². The van der Waals surface area contributed by atoms with Gasteiger partial charge >= 0.3 is 0 Å². The van der Waals surface area contributed by atoms with Gasteiger partial charge in [0, 0.05) is 22.6 Å². The van der Waals surface area contributed by atoms with E-state index in [9.17, 15) is 12.8 Å². The monoisotopic (exact) mass is 559 g/mol. The number of sulfonamides is 1. The molecule has 0 bridgehead atoms. The summed E-state index contributed by atoms with van der Waals surface area (Å²) in [6.07, 6.45) is 3.22. The number of primary sulfonamides is 1. The van der Waals surface area contributed by atoms with Crippen LogP contribution >= 0.6 is 24.4 Å². The SMILES string of the molecule is C.C=CC(C)c1occ(-c2ccccc2S(N)(=O)=O)c1-c1ccc(F)cc1.NC(O)=S.NC(O)=S.O. The Hall–Kier alpha value is -3.36. The first-order chi connectivity index (χ1) is 15.8. The average Bonchev–Trinajstić information content (AvgIpc) is 3.17. The van der Waals surface area contributed by atoms with Crippen molar-refractivity contribution in [3.8, 4) is 22.3 Å². The predicted molar refractivity (Wildman–Crippen MR) is 149 cm³/mol. The smallest absolute Gasteiger partial charge is 0.251 e. The van der Waals surface area contributed by atoms with Crippen LogP contribution in [0.4, 0.5) is 4.39 Å². The number of hydrogen-bond acceptors (Lipinski definition) is 5. The number of rotatable bonds is 5. The maximum atomic E-state index is 13.4. The number of benzene rings is 2. The highest BCUT2D eigenvalue weighted by Crippen LogP contribution is 2.41. The molecule has 0 saturated carbocycles. The Kier molecular flexibility index (Phi) is 15.1. The van der Waals surface area contributed by atoms with Crippen LogP contribution in [-0.4, -0.2) is 34.5 Å². The first-order valence-corrected chi connectivity index (χ1v) is 11.7. The van der Waals surface area contributed by atoms with Crippen molar-refractivity contribution in [2.45, 2.75) is 25.2 Å². The number of furan rings is 1. The first kappa shape index (κ1) is 34.8. The molecule has 10 N–H and O–H groups in total. The van der Waals surface area contributed by atoms with Gasteiger partial charge in [-0.25, -0.2) is 17.9 Å². The van der Waals surface area contributed by atoms with Crippen molar-refractivity contribution in [1.82, 2.24) is 0 Å². The molecule has 3 aromatic rings. The summed E-state index contributed by atoms with van der Waals surface area (Å²) < 4.78 is 43.1. The zero-order valence-corrected chi connectivity index (χ0v) is 21.0. The maximum Gasteiger partial charge on any atom is 0.251 e. The zero-order valence-electron chi connectivity index (χ0n) is 18.5. The quantitative estimate of drug-likeness (QED) is 0.226. The number of nitrogens with two attached hydrogens (primary N) is 3. The number of halogens is 1. The number of allylic oxidation sites excluding steroid dienone is 1. The van der Waals surface area contributed by atoms with Gasteiger partial charge in [0.1, 0.15) is 11.6 Å². The van der Waals surface area contributed by atoms with Crippen molar-refractivity contribution in [3.63, 3.8) is 0 Å². The van der Waals surface area contributed by atoms with Gasteiger partial charge in [-0.15, -0.1) is 6.58 Å². The zero-order chi connectivity index (χ0) is 26.1. The van der Waals surface area contributed by atoms with Gasteiger partial charge in [-0.3, -0.25) is 0 Å². The van der Waals surface area contributed by atoms with E-state index in [1.165, 1.54) is 24.5 Å². The van der Waals surface area contributed by atoms with Gasteiger partial charge in [0.05, 0.1) is 11.2 Å². The van der Waals surface area contributed by atoms with Crippen molar-refractivity contribution in [2.24, 2.45) is 16.6 Å². The molecule has 1 unspecified atom stereocenters. The van der Waals surface area contributed by atoms with Crippen molar-refractivity contribution < 1.29 is 32.9 Å². The van der Waals surface area contributed by atoms with Crippen LogP contribution in [0.3, 0.4) is 0 Å². The number of aliphatic hydroxyl groups is 2. The highest BCUT2D eigenvalue weighted by Gasteiger charge is 2.24. The van der Waals surface area contributed by atoms with E-state index in [0.29, 0.717) is 28.0 Å². The fourth-order valence-corrected chi connectivity index (χ4v) is 3.62. The van der Waals surface area contributed by atoms with Gasteiger partial charge in [0.15, 0.2) is 0 Å². The molecule has 0 radical (unpaired) electrons. The lowest BCUT2D eigenvalue weighted by molar-refractivity contribution is 0.501. The molecule has 0 saturated heterocycles. The molecule has 0 aliphatic carbocycles. The van der Waals surface area contributed by atoms with Gasteiger partial charge in [0.2, 0.25) is 10.0 Å². The lowest BCUT2D eigenvalue weighted by atomic mass is 9.93. The Bertz CT molecular complexity index is 1240. The van der Waals surface area contributed by atoms with Crippen molar-refractivity contribution in [3.05, 3.63) is 79.0 Å². The van der Waals surface area contributed by atoms with E-state index in [1.807, 2.05) is 6.92 Å². The molecule has 3 rings (SSSR count). The minimum absolute atomic E-state index is 0. The molecule has 1 heterocycles. The number of hydrogen-bond donors (Lipinski definition) is 5. The minimum Gasteiger partial charge on any atom is -0.487 e. The molecular formula is C23H30FN3O6S3. The van der Waals surface area contributed by atoms with E-state index in [1.54, 1.807) is 36.4 Å². The van der Waals surface area contributed by atoms with E-state index < -0.39 is 20.4 Å². The largest absolute Gasteiger partial charge is 0.487 e. The molecule has 13 heteroatoms. The molecule has 0 fully saturated rings. The summed E-state index contributed by atoms with van der Waals surface area (Å²) in [6.45, 7) is 5.70. The molecular weight excluding hydrogens is 529 g/mol. The summed E-state index contributed by atoms with van der Waals surface area (Å²) >= 11 is 7.74. The number of aliphatic hydroxyl groups excluding tert-OH is 2. The molecule has 36 heavy (non-hydrogen) atoms. The molecule has 1 atom stereocenters. The number of thiocarbonyl (C=S) groups is 2. The van der Waals surface area contributed by atoms with Crippen LogP contribution in [0.15, 0.2) is 76.8 Å². The van der Waals surface area contributed by atoms with Crippen LogP contribution in [0, 0.1) is 5.82 Å². The predicted octanol–water partition coefficient (Wildman–Crippen LogP) is 4.08. The maximum absolute atomic E-state index is 13.4. The first-order valence-electron chi connectivity index (χ1n) is 9.38. The Labute approximate surface area is 220 Å². The van der Waals surface area contributed by atoms with Crippen LogP contribution in [0.5, 0.6) is 0 Å². The summed E-state index contributed by atoms with van der Waals surface area (Å²) in [5.41, 5.74) is 11.2. The normalized spacial score (nSPS) is 10.5. The highest BCUT2D eigenvalue weighted by atomic mass is 32.2. The Morgan fingerprint density at radius 2 is 1.53 bits per heavy atom. The van der Waals surface area contributed by atoms with Gasteiger partial charge < -0.3 is 31.6 Å². The van der Waals surface area contributed by atoms with E-state index in [-0.39, 0.29) is 29.5 Å². The molecule has 198 valence electrons. The summed E-state index contributed by atoms with van der Waals surface area (Å²) in [5.74, 6) is 0.137. The van der Waals surface area contributed by atoms with Crippen LogP contribution < -0.4 is 16.6 Å². The third-order valence-electron chi connectivity index (χ3n) is 4.20. The van der Waals surface area contributed by atoms with E-state index >= 15 is 0 Å². The average molecular weight is 560 g/mol. The summed E-state index contributed by atoms with van der Waals surface area (Å²) in [5, 5.41) is 19.5. The highest BCUT2D eigenvalue weighted by molar-refractivity contribution is 7.89. The van der Waals surface area contributed by atoms with Crippen LogP contribution in [0.25, 0.3) is 22.3 Å². The Morgan fingerprint density at radius 3 is 1.97 bits per heavy atom. The lowest BCUT2D eigenvalue weighted by Crippen LogP contribution is -2.13. The lowest BCUT2D eigenvalue weighted by Gasteiger charge is -2.11. The summed E-state index contributed by atoms with van der Waals surface area (Å²) in [4.78, 5) is 0.00182. The fraction of sp³-hybridized carbons (Fsp3) is 0.130. The van der Waals surface area contributed by atoms with Gasteiger partial charge in [-0.2, -0.15) is 0 Å². The molecule has 9 nitrogen and oxygen atoms in total. The molecule has 0 spiro atoms.